The van der Waals surface area contributed by atoms with Crippen molar-refractivity contribution in [3.05, 3.63) is 32.7 Å². The molecule has 1 heterocycles. The Hall–Kier alpha value is -0.490. The van der Waals surface area contributed by atoms with Crippen molar-refractivity contribution in [2.75, 3.05) is 0 Å². The highest BCUT2D eigenvalue weighted by Crippen LogP contribution is 2.32. The van der Waals surface area contributed by atoms with Crippen LogP contribution in [-0.2, 0) is 6.54 Å². The van der Waals surface area contributed by atoms with E-state index in [4.69, 9.17) is 11.6 Å². The van der Waals surface area contributed by atoms with Crippen molar-refractivity contribution in [1.29, 1.82) is 0 Å². The summed E-state index contributed by atoms with van der Waals surface area (Å²) in [7, 11) is 0. The number of rotatable bonds is 4. The molecule has 2 aromatic rings. The first-order chi connectivity index (χ1) is 8.72. The highest BCUT2D eigenvalue weighted by molar-refractivity contribution is 9.10. The molecule has 1 aromatic carbocycles. The summed E-state index contributed by atoms with van der Waals surface area (Å²) in [6.07, 6.45) is 2.56. The van der Waals surface area contributed by atoms with Crippen molar-refractivity contribution in [2.45, 2.75) is 25.4 Å². The Bertz CT molecular complexity index is 568. The first-order valence-electron chi connectivity index (χ1n) is 5.73. The molecule has 6 heteroatoms. The van der Waals surface area contributed by atoms with E-state index in [-0.39, 0.29) is 0 Å². The summed E-state index contributed by atoms with van der Waals surface area (Å²) >= 11 is 11.2. The summed E-state index contributed by atoms with van der Waals surface area (Å²) in [4.78, 5) is 0. The van der Waals surface area contributed by atoms with E-state index in [0.717, 1.165) is 26.6 Å². The fourth-order valence-corrected chi connectivity index (χ4v) is 3.06. The fourth-order valence-electron chi connectivity index (χ4n) is 1.61. The summed E-state index contributed by atoms with van der Waals surface area (Å²) in [5, 5.41) is 14.4. The van der Waals surface area contributed by atoms with Crippen molar-refractivity contribution < 1.29 is 0 Å². The van der Waals surface area contributed by atoms with Crippen LogP contribution in [0, 0.1) is 0 Å². The summed E-state index contributed by atoms with van der Waals surface area (Å²) in [5.74, 6) is 0. The SMILES string of the molecule is Clc1ccc(Br)cc1-c1nnc(CNC2CC2)s1. The topological polar surface area (TPSA) is 37.8 Å². The van der Waals surface area contributed by atoms with Gasteiger partial charge in [-0.25, -0.2) is 0 Å². The van der Waals surface area contributed by atoms with Gasteiger partial charge < -0.3 is 5.32 Å². The van der Waals surface area contributed by atoms with Crippen LogP contribution in [0.5, 0.6) is 0 Å². The van der Waals surface area contributed by atoms with Crippen LogP contribution in [0.25, 0.3) is 10.6 Å². The average molecular weight is 345 g/mol. The van der Waals surface area contributed by atoms with Gasteiger partial charge >= 0.3 is 0 Å². The first-order valence-corrected chi connectivity index (χ1v) is 7.72. The van der Waals surface area contributed by atoms with Gasteiger partial charge in [-0.3, -0.25) is 0 Å². The predicted molar refractivity (Wildman–Crippen MR) is 77.9 cm³/mol. The van der Waals surface area contributed by atoms with Gasteiger partial charge in [0.1, 0.15) is 10.0 Å². The standard InChI is InChI=1S/C12H11BrClN3S/c13-7-1-4-10(14)9(5-7)12-17-16-11(18-12)6-15-8-2-3-8/h1,4-5,8,15H,2-3,6H2. The van der Waals surface area contributed by atoms with Crippen LogP contribution < -0.4 is 5.32 Å². The molecule has 3 nitrogen and oxygen atoms in total. The van der Waals surface area contributed by atoms with Gasteiger partial charge in [-0.15, -0.1) is 10.2 Å². The minimum absolute atomic E-state index is 0.687. The summed E-state index contributed by atoms with van der Waals surface area (Å²) < 4.78 is 0.995. The molecule has 1 N–H and O–H groups in total. The Balaban J connectivity index is 1.80. The lowest BCUT2D eigenvalue weighted by molar-refractivity contribution is 0.679. The van der Waals surface area contributed by atoms with Crippen LogP contribution in [0.1, 0.15) is 17.8 Å². The third kappa shape index (κ3) is 2.91. The third-order valence-corrected chi connectivity index (χ3v) is 4.52. The number of benzene rings is 1. The van der Waals surface area contributed by atoms with Crippen molar-refractivity contribution in [3.63, 3.8) is 0 Å². The molecule has 1 aliphatic rings. The molecule has 0 atom stereocenters. The second-order valence-electron chi connectivity index (χ2n) is 4.28. The van der Waals surface area contributed by atoms with Gasteiger partial charge in [0.25, 0.3) is 0 Å². The number of halogens is 2. The normalized spacial score (nSPS) is 15.0. The van der Waals surface area contributed by atoms with E-state index in [9.17, 15) is 0 Å². The third-order valence-electron chi connectivity index (χ3n) is 2.74. The van der Waals surface area contributed by atoms with Crippen LogP contribution in [-0.4, -0.2) is 16.2 Å². The highest BCUT2D eigenvalue weighted by Gasteiger charge is 2.21. The number of nitrogens with zero attached hydrogens (tertiary/aromatic N) is 2. The van der Waals surface area contributed by atoms with Crippen LogP contribution in [0.3, 0.4) is 0 Å². The van der Waals surface area contributed by atoms with Gasteiger partial charge in [0, 0.05) is 22.6 Å². The molecule has 3 rings (SSSR count). The zero-order valence-corrected chi connectivity index (χ0v) is 12.6. The Morgan fingerprint density at radius 3 is 3.00 bits per heavy atom. The molecule has 1 fully saturated rings. The van der Waals surface area contributed by atoms with E-state index in [0.29, 0.717) is 11.1 Å². The van der Waals surface area contributed by atoms with Crippen molar-refractivity contribution in [3.8, 4) is 10.6 Å². The van der Waals surface area contributed by atoms with Crippen LogP contribution in [0.15, 0.2) is 22.7 Å². The first kappa shape index (κ1) is 12.5. The van der Waals surface area contributed by atoms with Crippen molar-refractivity contribution in [2.24, 2.45) is 0 Å². The smallest absolute Gasteiger partial charge is 0.149 e. The predicted octanol–water partition coefficient (Wildman–Crippen LogP) is 3.87. The van der Waals surface area contributed by atoms with E-state index >= 15 is 0 Å². The van der Waals surface area contributed by atoms with Gasteiger partial charge in [-0.05, 0) is 31.0 Å². The summed E-state index contributed by atoms with van der Waals surface area (Å²) in [6, 6.07) is 6.44. The zero-order chi connectivity index (χ0) is 12.5. The number of hydrogen-bond acceptors (Lipinski definition) is 4. The van der Waals surface area contributed by atoms with Crippen molar-refractivity contribution >= 4 is 38.9 Å². The van der Waals surface area contributed by atoms with Gasteiger partial charge in [-0.2, -0.15) is 0 Å². The number of aromatic nitrogens is 2. The van der Waals surface area contributed by atoms with Gasteiger partial charge in [0.05, 0.1) is 5.02 Å². The maximum Gasteiger partial charge on any atom is 0.149 e. The molecule has 1 aromatic heterocycles. The minimum atomic E-state index is 0.687. The lowest BCUT2D eigenvalue weighted by Gasteiger charge is -2.00. The van der Waals surface area contributed by atoms with E-state index in [1.54, 1.807) is 11.3 Å². The molecular formula is C12H11BrClN3S. The molecule has 0 bridgehead atoms. The summed E-state index contributed by atoms with van der Waals surface area (Å²) in [5.41, 5.74) is 0.932. The molecule has 0 unspecified atom stereocenters. The van der Waals surface area contributed by atoms with E-state index in [1.165, 1.54) is 12.8 Å². The van der Waals surface area contributed by atoms with Crippen LogP contribution >= 0.6 is 38.9 Å². The summed E-state index contributed by atoms with van der Waals surface area (Å²) in [6.45, 7) is 0.800. The molecule has 18 heavy (non-hydrogen) atoms. The Kier molecular flexibility index (Phi) is 3.66. The molecule has 0 aliphatic heterocycles. The molecule has 0 spiro atoms. The van der Waals surface area contributed by atoms with Crippen molar-refractivity contribution in [1.82, 2.24) is 15.5 Å². The maximum absolute atomic E-state index is 6.18. The maximum atomic E-state index is 6.18. The van der Waals surface area contributed by atoms with E-state index < -0.39 is 0 Å². The van der Waals surface area contributed by atoms with Gasteiger partial charge in [0.15, 0.2) is 0 Å². The van der Waals surface area contributed by atoms with E-state index in [2.05, 4.69) is 31.4 Å². The van der Waals surface area contributed by atoms with Gasteiger partial charge in [0.2, 0.25) is 0 Å². The second-order valence-corrected chi connectivity index (χ2v) is 6.67. The zero-order valence-electron chi connectivity index (χ0n) is 9.49. The molecule has 94 valence electrons. The molecular weight excluding hydrogens is 334 g/mol. The Labute approximate surface area is 123 Å². The Morgan fingerprint density at radius 2 is 2.22 bits per heavy atom. The molecule has 0 saturated heterocycles. The largest absolute Gasteiger partial charge is 0.308 e. The molecule has 0 amide bonds. The molecule has 1 saturated carbocycles. The van der Waals surface area contributed by atoms with Crippen LogP contribution in [0.4, 0.5) is 0 Å². The fraction of sp³-hybridized carbons (Fsp3) is 0.333. The monoisotopic (exact) mass is 343 g/mol. The highest BCUT2D eigenvalue weighted by atomic mass is 79.9. The lowest BCUT2D eigenvalue weighted by atomic mass is 10.2. The van der Waals surface area contributed by atoms with E-state index in [1.807, 2.05) is 18.2 Å². The second kappa shape index (κ2) is 5.25. The van der Waals surface area contributed by atoms with Gasteiger partial charge in [-0.1, -0.05) is 38.9 Å². The quantitative estimate of drug-likeness (QED) is 0.915. The number of nitrogens with one attached hydrogen (secondary N) is 1. The molecule has 0 radical (unpaired) electrons. The Morgan fingerprint density at radius 1 is 1.39 bits per heavy atom. The van der Waals surface area contributed by atoms with Crippen LogP contribution in [0.2, 0.25) is 5.02 Å². The lowest BCUT2D eigenvalue weighted by Crippen LogP contribution is -2.14. The minimum Gasteiger partial charge on any atom is -0.308 e. The average Bonchev–Trinajstić information content (AvgIpc) is 3.08. The number of hydrogen-bond donors (Lipinski definition) is 1. The molecule has 1 aliphatic carbocycles.